The molecule has 1 aromatic carbocycles. The average molecular weight is 309 g/mol. The number of carbonyl (C=O) groups excluding carboxylic acids is 1. The lowest BCUT2D eigenvalue weighted by Crippen LogP contribution is -2.53. The van der Waals surface area contributed by atoms with E-state index < -0.39 is 0 Å². The van der Waals surface area contributed by atoms with Gasteiger partial charge in [0.1, 0.15) is 11.3 Å². The highest BCUT2D eigenvalue weighted by Gasteiger charge is 2.54. The molecule has 0 unspecified atom stereocenters. The first kappa shape index (κ1) is 13.6. The molecule has 4 aliphatic carbocycles. The van der Waals surface area contributed by atoms with E-state index in [2.05, 4.69) is 5.32 Å². The van der Waals surface area contributed by atoms with Crippen LogP contribution in [0.4, 0.5) is 0 Å². The minimum atomic E-state index is -0.0687. The van der Waals surface area contributed by atoms with Crippen molar-refractivity contribution in [3.05, 3.63) is 36.1 Å². The number of amides is 1. The summed E-state index contributed by atoms with van der Waals surface area (Å²) >= 11 is 0. The predicted octanol–water partition coefficient (Wildman–Crippen LogP) is 4.27. The number of para-hydroxylation sites is 1. The summed E-state index contributed by atoms with van der Waals surface area (Å²) in [5, 5.41) is 4.29. The highest BCUT2D eigenvalue weighted by molar-refractivity contribution is 5.83. The van der Waals surface area contributed by atoms with Crippen molar-refractivity contribution in [1.29, 1.82) is 0 Å². The zero-order chi connectivity index (χ0) is 15.4. The van der Waals surface area contributed by atoms with Crippen LogP contribution in [0.5, 0.6) is 0 Å². The summed E-state index contributed by atoms with van der Waals surface area (Å²) in [6.07, 6.45) is 7.46. The van der Waals surface area contributed by atoms with Gasteiger partial charge in [0.2, 0.25) is 5.91 Å². The molecule has 1 heterocycles. The number of rotatable bonds is 3. The van der Waals surface area contributed by atoms with E-state index in [4.69, 9.17) is 4.42 Å². The first-order valence-corrected chi connectivity index (χ1v) is 8.96. The van der Waals surface area contributed by atoms with Gasteiger partial charge in [-0.1, -0.05) is 18.2 Å². The van der Waals surface area contributed by atoms with Crippen LogP contribution in [0.2, 0.25) is 0 Å². The van der Waals surface area contributed by atoms with Crippen LogP contribution in [0.1, 0.15) is 44.3 Å². The van der Waals surface area contributed by atoms with Gasteiger partial charge in [-0.2, -0.15) is 0 Å². The van der Waals surface area contributed by atoms with Gasteiger partial charge in [-0.05, 0) is 68.4 Å². The first-order valence-electron chi connectivity index (χ1n) is 8.96. The standard InChI is InChI=1S/C20H23NO2/c22-19(20-9-13-5-14(10-20)7-15(6-13)11-20)21-12-17-8-16-3-1-2-4-18(16)23-17/h1-4,8,13-15H,5-7,9-12H2,(H,21,22). The molecule has 0 saturated heterocycles. The van der Waals surface area contributed by atoms with Gasteiger partial charge >= 0.3 is 0 Å². The molecular formula is C20H23NO2. The Kier molecular flexibility index (Phi) is 2.88. The third kappa shape index (κ3) is 2.20. The maximum absolute atomic E-state index is 12.9. The van der Waals surface area contributed by atoms with E-state index in [1.54, 1.807) is 0 Å². The van der Waals surface area contributed by atoms with Gasteiger partial charge in [-0.3, -0.25) is 4.79 Å². The van der Waals surface area contributed by atoms with Crippen molar-refractivity contribution < 1.29 is 9.21 Å². The maximum atomic E-state index is 12.9. The number of fused-ring (bicyclic) bond motifs is 1. The summed E-state index contributed by atoms with van der Waals surface area (Å²) in [6, 6.07) is 10.0. The highest BCUT2D eigenvalue weighted by Crippen LogP contribution is 2.60. The molecule has 4 aliphatic rings. The largest absolute Gasteiger partial charge is 0.459 e. The second-order valence-electron chi connectivity index (χ2n) is 8.13. The fourth-order valence-electron chi connectivity index (χ4n) is 5.87. The van der Waals surface area contributed by atoms with E-state index in [1.165, 1.54) is 19.3 Å². The number of carbonyl (C=O) groups is 1. The predicted molar refractivity (Wildman–Crippen MR) is 88.7 cm³/mol. The molecule has 0 aliphatic heterocycles. The Morgan fingerprint density at radius 3 is 2.39 bits per heavy atom. The summed E-state index contributed by atoms with van der Waals surface area (Å²) in [7, 11) is 0. The fraction of sp³-hybridized carbons (Fsp3) is 0.550. The van der Waals surface area contributed by atoms with Crippen LogP contribution in [-0.2, 0) is 11.3 Å². The van der Waals surface area contributed by atoms with Crippen LogP contribution >= 0.6 is 0 Å². The molecule has 0 atom stereocenters. The summed E-state index contributed by atoms with van der Waals surface area (Å²) in [5.74, 6) is 3.54. The number of hydrogen-bond acceptors (Lipinski definition) is 2. The Balaban J connectivity index is 1.31. The monoisotopic (exact) mass is 309 g/mol. The smallest absolute Gasteiger partial charge is 0.226 e. The van der Waals surface area contributed by atoms with Crippen molar-refractivity contribution in [2.24, 2.45) is 23.2 Å². The molecule has 6 rings (SSSR count). The Morgan fingerprint density at radius 1 is 1.09 bits per heavy atom. The Bertz CT molecular complexity index is 692. The van der Waals surface area contributed by atoms with Gasteiger partial charge in [-0.25, -0.2) is 0 Å². The molecule has 1 amide bonds. The van der Waals surface area contributed by atoms with Crippen molar-refractivity contribution in [3.63, 3.8) is 0 Å². The summed E-state index contributed by atoms with van der Waals surface area (Å²) in [4.78, 5) is 12.9. The minimum Gasteiger partial charge on any atom is -0.459 e. The lowest BCUT2D eigenvalue weighted by atomic mass is 9.49. The van der Waals surface area contributed by atoms with Crippen LogP contribution < -0.4 is 5.32 Å². The molecule has 4 bridgehead atoms. The Hall–Kier alpha value is -1.77. The van der Waals surface area contributed by atoms with Gasteiger partial charge in [-0.15, -0.1) is 0 Å². The fourth-order valence-corrected chi connectivity index (χ4v) is 5.87. The topological polar surface area (TPSA) is 42.2 Å². The van der Waals surface area contributed by atoms with Crippen molar-refractivity contribution in [2.45, 2.75) is 45.1 Å². The van der Waals surface area contributed by atoms with Crippen LogP contribution in [0.3, 0.4) is 0 Å². The Labute approximate surface area is 136 Å². The molecule has 0 spiro atoms. The van der Waals surface area contributed by atoms with Crippen molar-refractivity contribution in [1.82, 2.24) is 5.32 Å². The zero-order valence-electron chi connectivity index (χ0n) is 13.4. The normalized spacial score (nSPS) is 34.9. The van der Waals surface area contributed by atoms with E-state index in [0.717, 1.165) is 53.7 Å². The van der Waals surface area contributed by atoms with E-state index in [-0.39, 0.29) is 11.3 Å². The summed E-state index contributed by atoms with van der Waals surface area (Å²) in [5.41, 5.74) is 0.826. The van der Waals surface area contributed by atoms with Crippen molar-refractivity contribution >= 4 is 16.9 Å². The van der Waals surface area contributed by atoms with Crippen LogP contribution in [0.15, 0.2) is 34.7 Å². The molecule has 3 nitrogen and oxygen atoms in total. The SMILES string of the molecule is O=C(NCc1cc2ccccc2o1)C12CC3CC(CC(C3)C1)C2. The second kappa shape index (κ2) is 4.86. The van der Waals surface area contributed by atoms with Gasteiger partial charge < -0.3 is 9.73 Å². The zero-order valence-corrected chi connectivity index (χ0v) is 13.4. The lowest BCUT2D eigenvalue weighted by molar-refractivity contribution is -0.146. The van der Waals surface area contributed by atoms with Crippen molar-refractivity contribution in [2.75, 3.05) is 0 Å². The molecule has 4 saturated carbocycles. The number of furan rings is 1. The molecular weight excluding hydrogens is 286 g/mol. The lowest BCUT2D eigenvalue weighted by Gasteiger charge is -2.55. The molecule has 4 fully saturated rings. The first-order chi connectivity index (χ1) is 11.2. The minimum absolute atomic E-state index is 0.0687. The quantitative estimate of drug-likeness (QED) is 0.920. The van der Waals surface area contributed by atoms with Crippen LogP contribution in [-0.4, -0.2) is 5.91 Å². The highest BCUT2D eigenvalue weighted by atomic mass is 16.3. The molecule has 1 aromatic heterocycles. The average Bonchev–Trinajstić information content (AvgIpc) is 2.94. The van der Waals surface area contributed by atoms with Crippen LogP contribution in [0, 0.1) is 23.2 Å². The third-order valence-corrected chi connectivity index (χ3v) is 6.42. The number of nitrogens with one attached hydrogen (secondary N) is 1. The van der Waals surface area contributed by atoms with Gasteiger partial charge in [0.05, 0.1) is 6.54 Å². The van der Waals surface area contributed by atoms with E-state index in [1.807, 2.05) is 30.3 Å². The molecule has 1 N–H and O–H groups in total. The molecule has 23 heavy (non-hydrogen) atoms. The van der Waals surface area contributed by atoms with E-state index >= 15 is 0 Å². The summed E-state index contributed by atoms with van der Waals surface area (Å²) < 4.78 is 5.82. The Morgan fingerprint density at radius 2 is 1.74 bits per heavy atom. The number of hydrogen-bond donors (Lipinski definition) is 1. The molecule has 3 heteroatoms. The molecule has 0 radical (unpaired) electrons. The number of benzene rings is 1. The third-order valence-electron chi connectivity index (χ3n) is 6.42. The van der Waals surface area contributed by atoms with Gasteiger partial charge in [0.25, 0.3) is 0 Å². The van der Waals surface area contributed by atoms with Gasteiger partial charge in [0, 0.05) is 10.8 Å². The summed E-state index contributed by atoms with van der Waals surface area (Å²) in [6.45, 7) is 0.509. The molecule has 120 valence electrons. The van der Waals surface area contributed by atoms with Crippen LogP contribution in [0.25, 0.3) is 11.0 Å². The van der Waals surface area contributed by atoms with Gasteiger partial charge in [0.15, 0.2) is 0 Å². The van der Waals surface area contributed by atoms with Crippen molar-refractivity contribution in [3.8, 4) is 0 Å². The van der Waals surface area contributed by atoms with E-state index in [9.17, 15) is 4.79 Å². The van der Waals surface area contributed by atoms with E-state index in [0.29, 0.717) is 6.54 Å². The maximum Gasteiger partial charge on any atom is 0.226 e. The molecule has 2 aromatic rings. The second-order valence-corrected chi connectivity index (χ2v) is 8.13.